The molecule has 13 heteroatoms. The number of benzene rings is 1. The molecule has 1 aromatic carbocycles. The molecule has 1 N–H and O–H groups in total. The van der Waals surface area contributed by atoms with Crippen LogP contribution >= 0.6 is 11.8 Å². The minimum atomic E-state index is -1.47. The second kappa shape index (κ2) is 11.0. The zero-order valence-electron chi connectivity index (χ0n) is 24.5. The number of phenols is 1. The molecule has 6 unspecified atom stereocenters. The molecule has 1 aromatic rings. The summed E-state index contributed by atoms with van der Waals surface area (Å²) in [7, 11) is 3.29. The van der Waals surface area contributed by atoms with E-state index in [1.165, 1.54) is 18.7 Å². The largest absolute Gasteiger partial charge is 0.504 e. The van der Waals surface area contributed by atoms with Crippen molar-refractivity contribution < 1.29 is 52.7 Å². The van der Waals surface area contributed by atoms with Crippen molar-refractivity contribution in [1.82, 2.24) is 4.90 Å². The molecule has 2 fully saturated rings. The molecule has 2 saturated heterocycles. The summed E-state index contributed by atoms with van der Waals surface area (Å²) in [6, 6.07) is 3.91. The number of nitrogens with zero attached hydrogens (tertiary/aromatic N) is 1. The number of thioether (sulfide) groups is 1. The van der Waals surface area contributed by atoms with Gasteiger partial charge in [0.15, 0.2) is 35.9 Å². The van der Waals surface area contributed by atoms with Crippen LogP contribution in [-0.2, 0) is 54.7 Å². The molecule has 0 saturated carbocycles. The van der Waals surface area contributed by atoms with Gasteiger partial charge in [-0.1, -0.05) is 18.2 Å². The highest BCUT2D eigenvalue weighted by Gasteiger charge is 2.65. The molecule has 5 aliphatic rings. The van der Waals surface area contributed by atoms with Gasteiger partial charge >= 0.3 is 23.9 Å². The van der Waals surface area contributed by atoms with Crippen molar-refractivity contribution in [3.05, 3.63) is 35.4 Å². The number of likely N-dealkylation sites (tertiary alicyclic amines) is 1. The Morgan fingerprint density at radius 1 is 1.00 bits per heavy atom. The fraction of sp³-hybridized carbons (Fsp3) is 0.600. The summed E-state index contributed by atoms with van der Waals surface area (Å²) < 4.78 is 34.4. The lowest BCUT2D eigenvalue weighted by molar-refractivity contribution is -0.235. The Bertz CT molecular complexity index is 1380. The zero-order chi connectivity index (χ0) is 30.8. The maximum atomic E-state index is 12.9. The van der Waals surface area contributed by atoms with Gasteiger partial charge in [0, 0.05) is 43.7 Å². The predicted molar refractivity (Wildman–Crippen MR) is 150 cm³/mol. The van der Waals surface area contributed by atoms with E-state index in [1.54, 1.807) is 6.07 Å². The van der Waals surface area contributed by atoms with Crippen molar-refractivity contribution in [2.24, 2.45) is 5.92 Å². The Balaban J connectivity index is 1.40. The summed E-state index contributed by atoms with van der Waals surface area (Å²) in [6.07, 6.45) is -0.0437. The molecule has 12 nitrogen and oxygen atoms in total. The number of likely N-dealkylation sites (N-methyl/N-ethyl adjacent to an activating group) is 1. The first-order chi connectivity index (χ1) is 20.5. The van der Waals surface area contributed by atoms with Gasteiger partial charge in [0.25, 0.3) is 0 Å². The molecule has 3 aliphatic heterocycles. The molecule has 10 atom stereocenters. The van der Waals surface area contributed by atoms with Crippen LogP contribution < -0.4 is 4.74 Å². The Morgan fingerprint density at radius 3 is 2.35 bits per heavy atom. The van der Waals surface area contributed by atoms with E-state index >= 15 is 0 Å². The number of aromatic hydroxyl groups is 1. The molecule has 0 aromatic heterocycles. The Labute approximate surface area is 252 Å². The normalized spacial score (nSPS) is 37.0. The summed E-state index contributed by atoms with van der Waals surface area (Å²) in [5.74, 6) is -2.30. The van der Waals surface area contributed by atoms with Crippen LogP contribution in [0.1, 0.15) is 38.3 Å². The Morgan fingerprint density at radius 2 is 1.67 bits per heavy atom. The Hall–Kier alpha value is -3.29. The number of carbonyl (C=O) groups is 4. The minimum absolute atomic E-state index is 0.0824. The van der Waals surface area contributed by atoms with Crippen LogP contribution in [0.2, 0.25) is 0 Å². The van der Waals surface area contributed by atoms with Gasteiger partial charge < -0.3 is 38.4 Å². The molecule has 2 aliphatic carbocycles. The van der Waals surface area contributed by atoms with E-state index in [-0.39, 0.29) is 23.0 Å². The SMILES string of the molecule is COC(=O)C1OC(SC2C=C[C@H]3[C@H]4Cc5ccc(O)c6c5[C@@]3(CCN4C)[C@H]2O6)C(OC(C)=O)C(OC(C)=O)C1OC(C)=O. The van der Waals surface area contributed by atoms with Crippen LogP contribution in [0.4, 0.5) is 0 Å². The standard InChI is InChI=1S/C30H35NO11S/c1-13(32)38-23-24(39-14(2)33)26(40-15(3)34)29(42-25(23)28(36)37-5)43-20-9-7-17-18-12-16-6-8-19(35)22-21(16)30(17,27(20)41-22)10-11-31(18)4/h6-9,17-18,20,23-27,29,35H,10-12H2,1-5H3/t17-,18+,20?,23?,24?,25?,26?,27-,29?,30-/m0/s1. The summed E-state index contributed by atoms with van der Waals surface area (Å²) in [4.78, 5) is 51.9. The number of esters is 4. The van der Waals surface area contributed by atoms with Crippen LogP contribution in [0, 0.1) is 5.92 Å². The van der Waals surface area contributed by atoms with Crippen LogP contribution in [0.5, 0.6) is 11.5 Å². The van der Waals surface area contributed by atoms with Gasteiger partial charge in [0.05, 0.1) is 12.4 Å². The lowest BCUT2D eigenvalue weighted by Crippen LogP contribution is -2.65. The second-order valence-corrected chi connectivity index (χ2v) is 13.0. The highest BCUT2D eigenvalue weighted by molar-refractivity contribution is 8.00. The van der Waals surface area contributed by atoms with Crippen LogP contribution in [0.15, 0.2) is 24.3 Å². The number of piperidine rings is 1. The third kappa shape index (κ3) is 4.76. The van der Waals surface area contributed by atoms with E-state index in [4.69, 9.17) is 28.4 Å². The number of hydrogen-bond donors (Lipinski definition) is 1. The number of ether oxygens (including phenoxy) is 6. The summed E-state index contributed by atoms with van der Waals surface area (Å²) in [6.45, 7) is 4.35. The molecular weight excluding hydrogens is 582 g/mol. The second-order valence-electron chi connectivity index (χ2n) is 11.7. The Kier molecular flexibility index (Phi) is 7.62. The number of methoxy groups -OCH3 is 1. The number of phenolic OH excluding ortho intramolecular Hbond substituents is 1. The maximum absolute atomic E-state index is 12.9. The monoisotopic (exact) mass is 617 g/mol. The quantitative estimate of drug-likeness (QED) is 0.280. The molecule has 6 rings (SSSR count). The van der Waals surface area contributed by atoms with Crippen molar-refractivity contribution >= 4 is 35.6 Å². The van der Waals surface area contributed by atoms with E-state index in [1.807, 2.05) is 12.1 Å². The molecule has 1 spiro atoms. The molecular formula is C30H35NO11S. The van der Waals surface area contributed by atoms with Crippen LogP contribution in [-0.4, -0.2) is 102 Å². The van der Waals surface area contributed by atoms with E-state index in [0.29, 0.717) is 5.75 Å². The fourth-order valence-electron chi connectivity index (χ4n) is 7.68. The van der Waals surface area contributed by atoms with E-state index in [9.17, 15) is 24.3 Å². The molecule has 43 heavy (non-hydrogen) atoms. The molecule has 0 amide bonds. The van der Waals surface area contributed by atoms with Crippen molar-refractivity contribution in [3.63, 3.8) is 0 Å². The maximum Gasteiger partial charge on any atom is 0.339 e. The van der Waals surface area contributed by atoms with Gasteiger partial charge in [-0.15, -0.1) is 11.8 Å². The fourth-order valence-corrected chi connectivity index (χ4v) is 9.16. The minimum Gasteiger partial charge on any atom is -0.504 e. The first-order valence-corrected chi connectivity index (χ1v) is 15.2. The topological polar surface area (TPSA) is 147 Å². The van der Waals surface area contributed by atoms with Crippen LogP contribution in [0.3, 0.4) is 0 Å². The smallest absolute Gasteiger partial charge is 0.339 e. The van der Waals surface area contributed by atoms with E-state index in [0.717, 1.165) is 51.5 Å². The van der Waals surface area contributed by atoms with Crippen molar-refractivity contribution in [3.8, 4) is 11.5 Å². The van der Waals surface area contributed by atoms with Gasteiger partial charge in [0.2, 0.25) is 0 Å². The molecule has 232 valence electrons. The van der Waals surface area contributed by atoms with Crippen LogP contribution in [0.25, 0.3) is 0 Å². The van der Waals surface area contributed by atoms with Gasteiger partial charge in [-0.25, -0.2) is 4.79 Å². The summed E-state index contributed by atoms with van der Waals surface area (Å²) >= 11 is 1.25. The van der Waals surface area contributed by atoms with Crippen molar-refractivity contribution in [1.29, 1.82) is 0 Å². The molecule has 2 bridgehead atoms. The third-order valence-corrected chi connectivity index (χ3v) is 10.6. The van der Waals surface area contributed by atoms with Gasteiger partial charge in [-0.3, -0.25) is 14.4 Å². The number of rotatable bonds is 6. The highest BCUT2D eigenvalue weighted by Crippen LogP contribution is 2.63. The number of carbonyl (C=O) groups excluding carboxylic acids is 4. The average Bonchev–Trinajstić information content (AvgIpc) is 3.30. The third-order valence-electron chi connectivity index (χ3n) is 9.26. The molecule has 3 heterocycles. The van der Waals surface area contributed by atoms with Gasteiger partial charge in [-0.2, -0.15) is 0 Å². The number of hydrogen-bond acceptors (Lipinski definition) is 13. The van der Waals surface area contributed by atoms with Crippen molar-refractivity contribution in [2.75, 3.05) is 20.7 Å². The highest BCUT2D eigenvalue weighted by atomic mass is 32.2. The van der Waals surface area contributed by atoms with Gasteiger partial charge in [-0.05, 0) is 38.1 Å². The van der Waals surface area contributed by atoms with E-state index < -0.39 is 65.2 Å². The average molecular weight is 618 g/mol. The predicted octanol–water partition coefficient (Wildman–Crippen LogP) is 1.63. The van der Waals surface area contributed by atoms with E-state index in [2.05, 4.69) is 18.0 Å². The first-order valence-electron chi connectivity index (χ1n) is 14.3. The summed E-state index contributed by atoms with van der Waals surface area (Å²) in [5, 5.41) is 10.5. The zero-order valence-corrected chi connectivity index (χ0v) is 25.3. The lowest BCUT2D eigenvalue weighted by Gasteiger charge is -2.57. The van der Waals surface area contributed by atoms with Crippen molar-refractivity contribution in [2.45, 2.75) is 86.3 Å². The lowest BCUT2D eigenvalue weighted by atomic mass is 9.53. The van der Waals surface area contributed by atoms with Gasteiger partial charge in [0.1, 0.15) is 11.5 Å². The molecule has 0 radical (unpaired) electrons. The first kappa shape index (κ1) is 29.8. The summed E-state index contributed by atoms with van der Waals surface area (Å²) in [5.41, 5.74) is 0.730.